The molecule has 2 aliphatic rings. The van der Waals surface area contributed by atoms with Crippen LogP contribution in [0.5, 0.6) is 0 Å². The number of ether oxygens (including phenoxy) is 3. The second kappa shape index (κ2) is 6.11. The molecule has 0 amide bonds. The van der Waals surface area contributed by atoms with E-state index in [-0.39, 0.29) is 24.1 Å². The van der Waals surface area contributed by atoms with Crippen LogP contribution in [0.2, 0.25) is 0 Å². The van der Waals surface area contributed by atoms with E-state index in [4.69, 9.17) is 9.47 Å². The molecule has 98 valence electrons. The molecule has 2 aliphatic heterocycles. The van der Waals surface area contributed by atoms with E-state index in [1.165, 1.54) is 0 Å². The molecule has 0 aliphatic carbocycles. The Balaban J connectivity index is 0.000000184. The van der Waals surface area contributed by atoms with Crippen LogP contribution in [0.1, 0.15) is 13.3 Å². The van der Waals surface area contributed by atoms with Gasteiger partial charge in [0.1, 0.15) is 12.7 Å². The van der Waals surface area contributed by atoms with Gasteiger partial charge in [-0.05, 0) is 6.92 Å². The summed E-state index contributed by atoms with van der Waals surface area (Å²) in [5.74, 6) is -1.43. The fraction of sp³-hybridized carbons (Fsp3) is 0.417. The summed E-state index contributed by atoms with van der Waals surface area (Å²) in [5, 5.41) is 0. The van der Waals surface area contributed by atoms with Crippen molar-refractivity contribution in [1.82, 2.24) is 0 Å². The summed E-state index contributed by atoms with van der Waals surface area (Å²) in [7, 11) is 0. The van der Waals surface area contributed by atoms with Crippen molar-refractivity contribution < 1.29 is 28.6 Å². The highest BCUT2D eigenvalue weighted by molar-refractivity contribution is 6.05. The van der Waals surface area contributed by atoms with Gasteiger partial charge >= 0.3 is 17.9 Å². The van der Waals surface area contributed by atoms with Gasteiger partial charge in [-0.15, -0.1) is 0 Å². The zero-order chi connectivity index (χ0) is 13.7. The Morgan fingerprint density at radius 2 is 2.11 bits per heavy atom. The maximum absolute atomic E-state index is 10.7. The Kier molecular flexibility index (Phi) is 4.79. The quantitative estimate of drug-likeness (QED) is 0.316. The molecule has 0 saturated carbocycles. The summed E-state index contributed by atoms with van der Waals surface area (Å²) in [4.78, 5) is 31.1. The molecule has 6 heteroatoms. The second-order valence-electron chi connectivity index (χ2n) is 3.88. The molecule has 0 spiro atoms. The van der Waals surface area contributed by atoms with Crippen LogP contribution < -0.4 is 0 Å². The average molecular weight is 254 g/mol. The predicted octanol–water partition coefficient (Wildman–Crippen LogP) is 0.521. The average Bonchev–Trinajstić information content (AvgIpc) is 3.05. The van der Waals surface area contributed by atoms with Gasteiger partial charge in [-0.1, -0.05) is 13.2 Å². The van der Waals surface area contributed by atoms with Crippen LogP contribution in [-0.2, 0) is 28.6 Å². The van der Waals surface area contributed by atoms with Gasteiger partial charge < -0.3 is 14.2 Å². The number of esters is 3. The second-order valence-corrected chi connectivity index (χ2v) is 3.88. The Hall–Kier alpha value is -1.95. The summed E-state index contributed by atoms with van der Waals surface area (Å²) >= 11 is 0. The normalized spacial score (nSPS) is 20.7. The molecule has 1 unspecified atom stereocenters. The van der Waals surface area contributed by atoms with Crippen molar-refractivity contribution in [3.8, 4) is 0 Å². The molecule has 18 heavy (non-hydrogen) atoms. The van der Waals surface area contributed by atoms with Crippen LogP contribution in [0.15, 0.2) is 24.3 Å². The minimum atomic E-state index is -0.588. The SMILES string of the molecule is C=C(C)C(=O)OCC1CO1.C=C1CC(=O)OC1=O. The first-order valence-electron chi connectivity index (χ1n) is 5.27. The fourth-order valence-electron chi connectivity index (χ4n) is 0.914. The maximum Gasteiger partial charge on any atom is 0.341 e. The first-order chi connectivity index (χ1) is 8.40. The number of epoxide rings is 1. The van der Waals surface area contributed by atoms with Gasteiger partial charge in [0.15, 0.2) is 0 Å². The molecule has 2 fully saturated rings. The van der Waals surface area contributed by atoms with E-state index >= 15 is 0 Å². The van der Waals surface area contributed by atoms with E-state index in [1.807, 2.05) is 0 Å². The van der Waals surface area contributed by atoms with Crippen LogP contribution in [0, 0.1) is 0 Å². The summed E-state index contributed by atoms with van der Waals surface area (Å²) < 4.78 is 13.7. The Morgan fingerprint density at radius 1 is 1.50 bits per heavy atom. The fourth-order valence-corrected chi connectivity index (χ4v) is 0.914. The van der Waals surface area contributed by atoms with E-state index in [0.29, 0.717) is 18.8 Å². The van der Waals surface area contributed by atoms with Crippen LogP contribution in [-0.4, -0.2) is 37.2 Å². The van der Waals surface area contributed by atoms with Crippen molar-refractivity contribution in [3.05, 3.63) is 24.3 Å². The van der Waals surface area contributed by atoms with E-state index in [1.54, 1.807) is 6.92 Å². The molecule has 0 bridgehead atoms. The minimum Gasteiger partial charge on any atom is -0.459 e. The van der Waals surface area contributed by atoms with Gasteiger partial charge in [0.25, 0.3) is 0 Å². The van der Waals surface area contributed by atoms with Crippen LogP contribution >= 0.6 is 0 Å². The zero-order valence-electron chi connectivity index (χ0n) is 10.1. The molecule has 6 nitrogen and oxygen atoms in total. The molecule has 0 radical (unpaired) electrons. The summed E-state index contributed by atoms with van der Waals surface area (Å²) in [5.41, 5.74) is 0.677. The maximum atomic E-state index is 10.7. The highest BCUT2D eigenvalue weighted by Crippen LogP contribution is 2.10. The molecule has 0 aromatic heterocycles. The highest BCUT2D eigenvalue weighted by Gasteiger charge is 2.24. The van der Waals surface area contributed by atoms with Gasteiger partial charge in [0, 0.05) is 11.1 Å². The molecule has 0 aromatic carbocycles. The van der Waals surface area contributed by atoms with Gasteiger partial charge in [0.05, 0.1) is 13.0 Å². The largest absolute Gasteiger partial charge is 0.459 e. The van der Waals surface area contributed by atoms with E-state index < -0.39 is 11.9 Å². The van der Waals surface area contributed by atoms with Crippen molar-refractivity contribution in [1.29, 1.82) is 0 Å². The van der Waals surface area contributed by atoms with E-state index in [0.717, 1.165) is 0 Å². The third kappa shape index (κ3) is 4.92. The van der Waals surface area contributed by atoms with Crippen LogP contribution in [0.4, 0.5) is 0 Å². The molecule has 0 N–H and O–H groups in total. The molecule has 1 atom stereocenters. The smallest absolute Gasteiger partial charge is 0.341 e. The van der Waals surface area contributed by atoms with Crippen molar-refractivity contribution in [2.75, 3.05) is 13.2 Å². The monoisotopic (exact) mass is 254 g/mol. The lowest BCUT2D eigenvalue weighted by Gasteiger charge is -1.99. The zero-order valence-corrected chi connectivity index (χ0v) is 10.1. The summed E-state index contributed by atoms with van der Waals surface area (Å²) in [6, 6.07) is 0. The van der Waals surface area contributed by atoms with Crippen LogP contribution in [0.3, 0.4) is 0 Å². The number of hydrogen-bond acceptors (Lipinski definition) is 6. The van der Waals surface area contributed by atoms with Crippen molar-refractivity contribution >= 4 is 17.9 Å². The lowest BCUT2D eigenvalue weighted by atomic mass is 10.3. The van der Waals surface area contributed by atoms with E-state index in [9.17, 15) is 14.4 Å². The Bertz CT molecular complexity index is 387. The third-order valence-electron chi connectivity index (χ3n) is 2.00. The van der Waals surface area contributed by atoms with Gasteiger partial charge in [-0.25, -0.2) is 9.59 Å². The first-order valence-corrected chi connectivity index (χ1v) is 5.27. The number of carbonyl (C=O) groups excluding carboxylic acids is 3. The molecular formula is C12H14O6. The molecule has 2 saturated heterocycles. The molecule has 0 aromatic rings. The first kappa shape index (κ1) is 14.1. The number of carbonyl (C=O) groups is 3. The Labute approximate surface area is 104 Å². The Morgan fingerprint density at radius 3 is 2.39 bits per heavy atom. The number of hydrogen-bond donors (Lipinski definition) is 0. The van der Waals surface area contributed by atoms with Crippen molar-refractivity contribution in [2.24, 2.45) is 0 Å². The summed E-state index contributed by atoms with van der Waals surface area (Å²) in [6.07, 6.45) is 0.196. The molecule has 2 rings (SSSR count). The third-order valence-corrected chi connectivity index (χ3v) is 2.00. The summed E-state index contributed by atoms with van der Waals surface area (Å²) in [6.45, 7) is 9.43. The van der Waals surface area contributed by atoms with Crippen molar-refractivity contribution in [2.45, 2.75) is 19.4 Å². The lowest BCUT2D eigenvalue weighted by Crippen LogP contribution is -2.09. The molecular weight excluding hydrogens is 240 g/mol. The molecule has 2 heterocycles. The van der Waals surface area contributed by atoms with Gasteiger partial charge in [-0.3, -0.25) is 4.79 Å². The van der Waals surface area contributed by atoms with Gasteiger partial charge in [-0.2, -0.15) is 0 Å². The number of rotatable bonds is 3. The standard InChI is InChI=1S/C7H10O3.C5H4O3/c1-5(2)7(8)10-4-6-3-9-6;1-3-2-4(6)8-5(3)7/h6H,1,3-4H2,2H3;1-2H2. The predicted molar refractivity (Wildman–Crippen MR) is 60.4 cm³/mol. The van der Waals surface area contributed by atoms with Crippen molar-refractivity contribution in [3.63, 3.8) is 0 Å². The van der Waals surface area contributed by atoms with E-state index in [2.05, 4.69) is 17.9 Å². The minimum absolute atomic E-state index is 0.0544. The number of cyclic esters (lactones) is 2. The lowest BCUT2D eigenvalue weighted by molar-refractivity contribution is -0.151. The topological polar surface area (TPSA) is 82.2 Å². The highest BCUT2D eigenvalue weighted by atomic mass is 16.6. The van der Waals surface area contributed by atoms with Gasteiger partial charge in [0.2, 0.25) is 0 Å². The van der Waals surface area contributed by atoms with Crippen LogP contribution in [0.25, 0.3) is 0 Å².